The van der Waals surface area contributed by atoms with Crippen LogP contribution >= 0.6 is 0 Å². The van der Waals surface area contributed by atoms with E-state index in [1.807, 2.05) is 6.92 Å². The highest BCUT2D eigenvalue weighted by Crippen LogP contribution is 2.07. The van der Waals surface area contributed by atoms with Crippen molar-refractivity contribution in [3.8, 4) is 0 Å². The molecule has 3 nitrogen and oxygen atoms in total. The largest absolute Gasteiger partial charge is 0.396 e. The smallest absolute Gasteiger partial charge is 0.157 e. The molecule has 0 saturated heterocycles. The fourth-order valence-electron chi connectivity index (χ4n) is 0.692. The minimum absolute atomic E-state index is 0.179. The van der Waals surface area contributed by atoms with Gasteiger partial charge in [-0.05, 0) is 5.92 Å². The summed E-state index contributed by atoms with van der Waals surface area (Å²) < 4.78 is 9.88. The lowest BCUT2D eigenvalue weighted by molar-refractivity contribution is -0.115. The van der Waals surface area contributed by atoms with E-state index in [1.165, 1.54) is 0 Å². The van der Waals surface area contributed by atoms with Crippen molar-refractivity contribution >= 4 is 0 Å². The topological polar surface area (TPSA) is 38.7 Å². The molecular formula is C7H16O3. The first-order valence-electron chi connectivity index (χ1n) is 3.41. The molecule has 0 spiro atoms. The summed E-state index contributed by atoms with van der Waals surface area (Å²) in [6, 6.07) is 0. The Labute approximate surface area is 62.0 Å². The summed E-state index contributed by atoms with van der Waals surface area (Å²) in [5.41, 5.74) is 0. The highest BCUT2D eigenvalue weighted by atomic mass is 16.7. The van der Waals surface area contributed by atoms with Gasteiger partial charge in [-0.2, -0.15) is 0 Å². The quantitative estimate of drug-likeness (QED) is 0.581. The van der Waals surface area contributed by atoms with Gasteiger partial charge in [-0.3, -0.25) is 0 Å². The van der Waals surface area contributed by atoms with Crippen LogP contribution < -0.4 is 0 Å². The Morgan fingerprint density at radius 3 is 2.10 bits per heavy atom. The molecule has 0 bridgehead atoms. The van der Waals surface area contributed by atoms with E-state index < -0.39 is 0 Å². The van der Waals surface area contributed by atoms with Crippen molar-refractivity contribution in [2.75, 3.05) is 20.8 Å². The molecule has 0 fully saturated rings. The first-order chi connectivity index (χ1) is 4.74. The average Bonchev–Trinajstić information content (AvgIpc) is 1.99. The van der Waals surface area contributed by atoms with Crippen LogP contribution in [0.4, 0.5) is 0 Å². The van der Waals surface area contributed by atoms with Gasteiger partial charge in [-0.25, -0.2) is 0 Å². The second kappa shape index (κ2) is 5.65. The van der Waals surface area contributed by atoms with Gasteiger partial charge in [-0.15, -0.1) is 0 Å². The molecule has 0 radical (unpaired) electrons. The number of ether oxygens (including phenoxy) is 2. The minimum Gasteiger partial charge on any atom is -0.396 e. The second-order valence-electron chi connectivity index (χ2n) is 2.42. The van der Waals surface area contributed by atoms with Gasteiger partial charge in [0, 0.05) is 27.2 Å². The highest BCUT2D eigenvalue weighted by molar-refractivity contribution is 4.52. The van der Waals surface area contributed by atoms with Crippen molar-refractivity contribution < 1.29 is 14.6 Å². The van der Waals surface area contributed by atoms with Crippen molar-refractivity contribution in [3.05, 3.63) is 0 Å². The second-order valence-corrected chi connectivity index (χ2v) is 2.42. The minimum atomic E-state index is -0.179. The van der Waals surface area contributed by atoms with Crippen molar-refractivity contribution in [2.24, 2.45) is 5.92 Å². The normalized spacial score (nSPS) is 14.1. The molecule has 0 aliphatic carbocycles. The van der Waals surface area contributed by atoms with Gasteiger partial charge in [0.05, 0.1) is 0 Å². The molecule has 0 aromatic rings. The fourth-order valence-corrected chi connectivity index (χ4v) is 0.692. The van der Waals surface area contributed by atoms with Crippen molar-refractivity contribution in [3.63, 3.8) is 0 Å². The van der Waals surface area contributed by atoms with Crippen LogP contribution in [0.15, 0.2) is 0 Å². The molecule has 10 heavy (non-hydrogen) atoms. The van der Waals surface area contributed by atoms with Gasteiger partial charge in [0.15, 0.2) is 6.29 Å². The monoisotopic (exact) mass is 148 g/mol. The molecule has 0 rings (SSSR count). The molecule has 0 aromatic heterocycles. The molecule has 1 N–H and O–H groups in total. The van der Waals surface area contributed by atoms with Crippen LogP contribution in [0.2, 0.25) is 0 Å². The molecular weight excluding hydrogens is 132 g/mol. The van der Waals surface area contributed by atoms with Gasteiger partial charge in [0.2, 0.25) is 0 Å². The van der Waals surface area contributed by atoms with Gasteiger partial charge in [0.25, 0.3) is 0 Å². The third-order valence-electron chi connectivity index (χ3n) is 1.43. The van der Waals surface area contributed by atoms with E-state index in [0.717, 1.165) is 6.42 Å². The summed E-state index contributed by atoms with van der Waals surface area (Å²) >= 11 is 0. The predicted octanol–water partition coefficient (Wildman–Crippen LogP) is 0.624. The Kier molecular flexibility index (Phi) is 5.58. The maximum atomic E-state index is 8.66. The summed E-state index contributed by atoms with van der Waals surface area (Å²) in [6.07, 6.45) is 0.561. The zero-order chi connectivity index (χ0) is 7.98. The third kappa shape index (κ3) is 3.82. The number of rotatable bonds is 5. The zero-order valence-corrected chi connectivity index (χ0v) is 6.83. The maximum absolute atomic E-state index is 8.66. The summed E-state index contributed by atoms with van der Waals surface area (Å²) in [6.45, 7) is 2.13. The molecule has 62 valence electrons. The maximum Gasteiger partial charge on any atom is 0.157 e. The van der Waals surface area contributed by atoms with Crippen molar-refractivity contribution in [1.82, 2.24) is 0 Å². The van der Waals surface area contributed by atoms with Crippen molar-refractivity contribution in [1.29, 1.82) is 0 Å². The number of hydrogen-bond donors (Lipinski definition) is 1. The van der Waals surface area contributed by atoms with E-state index >= 15 is 0 Å². The standard InChI is InChI=1S/C7H16O3/c1-6(5-8)4-7(9-2)10-3/h6-8H,4-5H2,1-3H3. The molecule has 1 atom stereocenters. The number of hydrogen-bond acceptors (Lipinski definition) is 3. The number of aliphatic hydroxyl groups excluding tert-OH is 1. The van der Waals surface area contributed by atoms with Crippen LogP contribution in [0, 0.1) is 5.92 Å². The lowest BCUT2D eigenvalue weighted by atomic mass is 10.1. The van der Waals surface area contributed by atoms with Crippen LogP contribution in [-0.4, -0.2) is 32.2 Å². The van der Waals surface area contributed by atoms with Crippen molar-refractivity contribution in [2.45, 2.75) is 19.6 Å². The lowest BCUT2D eigenvalue weighted by Gasteiger charge is -2.16. The van der Waals surface area contributed by atoms with E-state index in [1.54, 1.807) is 14.2 Å². The summed E-state index contributed by atoms with van der Waals surface area (Å²) in [7, 11) is 3.19. The average molecular weight is 148 g/mol. The Morgan fingerprint density at radius 2 is 1.80 bits per heavy atom. The van der Waals surface area contributed by atoms with Gasteiger partial charge < -0.3 is 14.6 Å². The van der Waals surface area contributed by atoms with Crippen LogP contribution in [0.3, 0.4) is 0 Å². The van der Waals surface area contributed by atoms with Gasteiger partial charge in [-0.1, -0.05) is 6.92 Å². The lowest BCUT2D eigenvalue weighted by Crippen LogP contribution is -2.18. The van der Waals surface area contributed by atoms with E-state index in [0.29, 0.717) is 0 Å². The highest BCUT2D eigenvalue weighted by Gasteiger charge is 2.09. The van der Waals surface area contributed by atoms with Crippen LogP contribution in [-0.2, 0) is 9.47 Å². The van der Waals surface area contributed by atoms with Gasteiger partial charge in [0.1, 0.15) is 0 Å². The first kappa shape index (κ1) is 9.88. The summed E-state index contributed by atoms with van der Waals surface area (Å²) in [4.78, 5) is 0. The summed E-state index contributed by atoms with van der Waals surface area (Å²) in [5.74, 6) is 0.241. The van der Waals surface area contributed by atoms with E-state index in [9.17, 15) is 0 Å². The van der Waals surface area contributed by atoms with E-state index in [4.69, 9.17) is 14.6 Å². The Morgan fingerprint density at radius 1 is 1.30 bits per heavy atom. The van der Waals surface area contributed by atoms with E-state index in [2.05, 4.69) is 0 Å². The molecule has 0 saturated carbocycles. The number of aliphatic hydroxyl groups is 1. The van der Waals surface area contributed by atoms with Gasteiger partial charge >= 0.3 is 0 Å². The molecule has 0 heterocycles. The van der Waals surface area contributed by atoms with E-state index in [-0.39, 0.29) is 18.8 Å². The Balaban J connectivity index is 3.41. The first-order valence-corrected chi connectivity index (χ1v) is 3.41. The zero-order valence-electron chi connectivity index (χ0n) is 6.83. The third-order valence-corrected chi connectivity index (χ3v) is 1.43. The SMILES string of the molecule is COC(CC(C)CO)OC. The Bertz CT molecular complexity index is 71.3. The number of methoxy groups -OCH3 is 2. The molecule has 0 aromatic carbocycles. The molecule has 1 unspecified atom stereocenters. The molecule has 0 aliphatic heterocycles. The van der Waals surface area contributed by atoms with Crippen LogP contribution in [0.5, 0.6) is 0 Å². The molecule has 3 heteroatoms. The van der Waals surface area contributed by atoms with Crippen LogP contribution in [0.25, 0.3) is 0 Å². The summed E-state index contributed by atoms with van der Waals surface area (Å²) in [5, 5.41) is 8.66. The fraction of sp³-hybridized carbons (Fsp3) is 1.00. The Hall–Kier alpha value is -0.120. The molecule has 0 aliphatic rings. The van der Waals surface area contributed by atoms with Crippen LogP contribution in [0.1, 0.15) is 13.3 Å². The molecule has 0 amide bonds. The predicted molar refractivity (Wildman–Crippen MR) is 38.7 cm³/mol.